The third-order valence-electron chi connectivity index (χ3n) is 1.82. The van der Waals surface area contributed by atoms with Crippen molar-refractivity contribution in [3.8, 4) is 0 Å². The van der Waals surface area contributed by atoms with E-state index >= 15 is 0 Å². The van der Waals surface area contributed by atoms with Crippen LogP contribution in [-0.2, 0) is 14.9 Å². The summed E-state index contributed by atoms with van der Waals surface area (Å²) in [5, 5.41) is 0. The molecule has 1 aromatic rings. The second-order valence-electron chi connectivity index (χ2n) is 3.56. The van der Waals surface area contributed by atoms with Crippen LogP contribution in [0.15, 0.2) is 30.2 Å². The lowest BCUT2D eigenvalue weighted by atomic mass is 10.2. The van der Waals surface area contributed by atoms with Crippen molar-refractivity contribution in [2.24, 2.45) is 0 Å². The maximum atomic E-state index is 12.1. The first-order chi connectivity index (χ1) is 9.88. The molecule has 6 heteroatoms. The minimum atomic E-state index is -4.61. The zero-order valence-electron chi connectivity index (χ0n) is 14.3. The molecule has 1 rings (SSSR count). The Morgan fingerprint density at radius 2 is 1.94 bits per heavy atom. The van der Waals surface area contributed by atoms with Gasteiger partial charge in [0, 0.05) is 11.7 Å². The summed E-state index contributed by atoms with van der Waals surface area (Å²) in [6.07, 6.45) is 0. The fourth-order valence-electron chi connectivity index (χ4n) is 1.26. The molecule has 94 valence electrons. The monoisotopic (exact) mass is 262 g/mol. The molecular formula is C11H15NO4S. The van der Waals surface area contributed by atoms with Gasteiger partial charge in [0.2, 0.25) is 5.91 Å². The molecule has 0 heterocycles. The van der Waals surface area contributed by atoms with Gasteiger partial charge in [-0.25, -0.2) is 0 Å². The molecule has 0 spiro atoms. The number of anilines is 1. The minimum Gasteiger partial charge on any atom is -0.309 e. The van der Waals surface area contributed by atoms with Crippen molar-refractivity contribution in [2.75, 3.05) is 10.7 Å². The topological polar surface area (TPSA) is 74.7 Å². The van der Waals surface area contributed by atoms with Crippen molar-refractivity contribution in [3.63, 3.8) is 0 Å². The van der Waals surface area contributed by atoms with Crippen molar-refractivity contribution < 1.29 is 24.6 Å². The quantitative estimate of drug-likeness (QED) is 0.830. The Hall–Kier alpha value is -1.40. The van der Waals surface area contributed by atoms with E-state index in [0.717, 1.165) is 4.90 Å². The van der Waals surface area contributed by atoms with Gasteiger partial charge in [0.25, 0.3) is 10.1 Å². The van der Waals surface area contributed by atoms with E-state index in [1.807, 2.05) is 0 Å². The maximum Gasteiger partial charge on any atom is 0.274 e. The summed E-state index contributed by atoms with van der Waals surface area (Å²) in [5.74, 6) is -2.33. The van der Waals surface area contributed by atoms with Gasteiger partial charge in [0.05, 0.1) is 6.85 Å². The predicted octanol–water partition coefficient (Wildman–Crippen LogP) is 1.32. The van der Waals surface area contributed by atoms with Gasteiger partial charge in [0.1, 0.15) is 0 Å². The highest BCUT2D eigenvalue weighted by molar-refractivity contribution is 7.86. The Bertz CT molecular complexity index is 691. The predicted molar refractivity (Wildman–Crippen MR) is 65.5 cm³/mol. The molecule has 0 aliphatic heterocycles. The molecule has 0 unspecified atom stereocenters. The lowest BCUT2D eigenvalue weighted by Crippen LogP contribution is -2.40. The molecule has 0 radical (unpaired) electrons. The van der Waals surface area contributed by atoms with Gasteiger partial charge >= 0.3 is 0 Å². The number of amides is 1. The standard InChI is InChI=1S/C11H15NO4S/c1-9(2)12(10-6-4-3-5-7-10)11(13)8-17(14,15)16/h3-7,9H,8H2,1-2H3,(H,14,15,16)/i3D,4D,5D,6D,7D. The fraction of sp³-hybridized carbons (Fsp3) is 0.364. The molecule has 17 heavy (non-hydrogen) atoms. The van der Waals surface area contributed by atoms with Crippen molar-refractivity contribution in [1.82, 2.24) is 0 Å². The molecule has 0 aliphatic rings. The van der Waals surface area contributed by atoms with Crippen molar-refractivity contribution in [2.45, 2.75) is 19.9 Å². The van der Waals surface area contributed by atoms with E-state index in [2.05, 4.69) is 0 Å². The Morgan fingerprint density at radius 3 is 2.35 bits per heavy atom. The Morgan fingerprint density at radius 1 is 1.41 bits per heavy atom. The van der Waals surface area contributed by atoms with E-state index in [0.29, 0.717) is 0 Å². The van der Waals surface area contributed by atoms with Gasteiger partial charge < -0.3 is 4.90 Å². The highest BCUT2D eigenvalue weighted by atomic mass is 32.2. The molecule has 0 fully saturated rings. The van der Waals surface area contributed by atoms with Crippen molar-refractivity contribution in [3.05, 3.63) is 30.2 Å². The average Bonchev–Trinajstić information content (AvgIpc) is 2.36. The third-order valence-corrected chi connectivity index (χ3v) is 2.43. The van der Waals surface area contributed by atoms with Crippen LogP contribution >= 0.6 is 0 Å². The Balaban J connectivity index is 3.57. The van der Waals surface area contributed by atoms with Crippen molar-refractivity contribution in [1.29, 1.82) is 0 Å². The number of benzene rings is 1. The van der Waals surface area contributed by atoms with Gasteiger partial charge in [-0.3, -0.25) is 9.35 Å². The van der Waals surface area contributed by atoms with Crippen LogP contribution in [0.3, 0.4) is 0 Å². The highest BCUT2D eigenvalue weighted by Crippen LogP contribution is 2.16. The van der Waals surface area contributed by atoms with Crippen LogP contribution in [0, 0.1) is 0 Å². The number of carbonyl (C=O) groups excluding carboxylic acids is 1. The first kappa shape index (κ1) is 7.84. The summed E-state index contributed by atoms with van der Waals surface area (Å²) in [4.78, 5) is 12.8. The van der Waals surface area contributed by atoms with E-state index in [4.69, 9.17) is 11.4 Å². The van der Waals surface area contributed by atoms with Gasteiger partial charge in [-0.2, -0.15) is 8.42 Å². The number of carbonyl (C=O) groups is 1. The average molecular weight is 262 g/mol. The SMILES string of the molecule is [2H]c1c([2H])c([2H])c(N(C(=O)CS(=O)(=O)O)C(C)C)c([2H])c1[2H]. The molecule has 0 aromatic heterocycles. The normalized spacial score (nSPS) is 15.6. The van der Waals surface area contributed by atoms with Crippen LogP contribution in [-0.4, -0.2) is 30.7 Å². The molecular weight excluding hydrogens is 242 g/mol. The summed E-state index contributed by atoms with van der Waals surface area (Å²) in [5.41, 5.74) is -0.422. The van der Waals surface area contributed by atoms with Crippen LogP contribution < -0.4 is 4.90 Å². The summed E-state index contributed by atoms with van der Waals surface area (Å²) in [6.45, 7) is 2.98. The molecule has 0 bridgehead atoms. The zero-order chi connectivity index (χ0) is 17.4. The van der Waals surface area contributed by atoms with E-state index in [-0.39, 0.29) is 0 Å². The smallest absolute Gasteiger partial charge is 0.274 e. The minimum absolute atomic E-state index is 0.422. The van der Waals surface area contributed by atoms with Crippen LogP contribution in [0.4, 0.5) is 5.69 Å². The maximum absolute atomic E-state index is 12.1. The van der Waals surface area contributed by atoms with Crippen LogP contribution in [0.5, 0.6) is 0 Å². The van der Waals surface area contributed by atoms with Crippen LogP contribution in [0.2, 0.25) is 0 Å². The molecule has 0 saturated heterocycles. The van der Waals surface area contributed by atoms with Crippen LogP contribution in [0.25, 0.3) is 0 Å². The molecule has 1 aromatic carbocycles. The molecule has 5 nitrogen and oxygen atoms in total. The zero-order valence-corrected chi connectivity index (χ0v) is 10.1. The number of rotatable bonds is 4. The van der Waals surface area contributed by atoms with Gasteiger partial charge in [-0.1, -0.05) is 18.1 Å². The summed E-state index contributed by atoms with van der Waals surface area (Å²) >= 11 is 0. The second kappa shape index (κ2) is 5.29. The Labute approximate surface area is 108 Å². The largest absolute Gasteiger partial charge is 0.309 e. The summed E-state index contributed by atoms with van der Waals surface area (Å²) < 4.78 is 68.8. The first-order valence-electron chi connectivity index (χ1n) is 7.22. The fourth-order valence-corrected chi connectivity index (χ4v) is 1.71. The van der Waals surface area contributed by atoms with Gasteiger partial charge in [0.15, 0.2) is 5.75 Å². The van der Waals surface area contributed by atoms with E-state index < -0.39 is 63.7 Å². The van der Waals surface area contributed by atoms with Crippen LogP contribution in [0.1, 0.15) is 20.7 Å². The van der Waals surface area contributed by atoms with E-state index in [9.17, 15) is 13.2 Å². The van der Waals surface area contributed by atoms with E-state index in [1.165, 1.54) is 13.8 Å². The molecule has 0 atom stereocenters. The number of hydrogen-bond donors (Lipinski definition) is 1. The third kappa shape index (κ3) is 4.16. The second-order valence-corrected chi connectivity index (χ2v) is 5.01. The summed E-state index contributed by atoms with van der Waals surface area (Å²) in [6, 6.07) is -3.82. The number of para-hydroxylation sites is 1. The lowest BCUT2D eigenvalue weighted by molar-refractivity contribution is -0.116. The first-order valence-corrected chi connectivity index (χ1v) is 6.33. The highest BCUT2D eigenvalue weighted by Gasteiger charge is 2.23. The Kier molecular flexibility index (Phi) is 2.44. The summed E-state index contributed by atoms with van der Waals surface area (Å²) in [7, 11) is -4.61. The lowest BCUT2D eigenvalue weighted by Gasteiger charge is -2.26. The van der Waals surface area contributed by atoms with Gasteiger partial charge in [-0.05, 0) is 25.9 Å². The van der Waals surface area contributed by atoms with Crippen molar-refractivity contribution >= 4 is 21.7 Å². The van der Waals surface area contributed by atoms with Gasteiger partial charge in [-0.15, -0.1) is 0 Å². The molecule has 1 N–H and O–H groups in total. The van der Waals surface area contributed by atoms with E-state index in [1.54, 1.807) is 0 Å². The molecule has 0 aliphatic carbocycles. The number of hydrogen-bond acceptors (Lipinski definition) is 3. The molecule has 1 amide bonds. The number of nitrogens with zero attached hydrogens (tertiary/aromatic N) is 1. The molecule has 0 saturated carbocycles.